The van der Waals surface area contributed by atoms with Crippen LogP contribution in [0.25, 0.3) is 0 Å². The summed E-state index contributed by atoms with van der Waals surface area (Å²) in [5.74, 6) is -10.7. The summed E-state index contributed by atoms with van der Waals surface area (Å²) < 4.78 is 0. The van der Waals surface area contributed by atoms with Crippen molar-refractivity contribution in [3.05, 3.63) is 35.9 Å². The van der Waals surface area contributed by atoms with Gasteiger partial charge in [-0.3, -0.25) is 47.9 Å². The largest absolute Gasteiger partial charge is 0.481 e. The van der Waals surface area contributed by atoms with Crippen LogP contribution in [0.4, 0.5) is 0 Å². The fraction of sp³-hybridized carbons (Fsp3) is 0.543. The number of primary amides is 2. The summed E-state index contributed by atoms with van der Waals surface area (Å²) in [7, 11) is 0. The number of hydrogen-bond donors (Lipinski definition) is 13. The number of nitrogens with two attached hydrogens (primary N) is 3. The molecule has 9 amide bonds. The molecule has 0 saturated carbocycles. The molecule has 58 heavy (non-hydrogen) atoms. The first-order valence-corrected chi connectivity index (χ1v) is 18.0. The average molecular weight is 823 g/mol. The Kier molecular flexibility index (Phi) is 21.0. The molecule has 0 heterocycles. The number of aliphatic hydroxyl groups excluding tert-OH is 2. The molecule has 16 N–H and O–H groups in total. The van der Waals surface area contributed by atoms with E-state index in [1.807, 2.05) is 0 Å². The van der Waals surface area contributed by atoms with Crippen molar-refractivity contribution in [3.63, 3.8) is 0 Å². The fourth-order valence-corrected chi connectivity index (χ4v) is 4.96. The first-order chi connectivity index (χ1) is 27.1. The van der Waals surface area contributed by atoms with Crippen molar-refractivity contribution in [1.29, 1.82) is 0 Å². The molecule has 0 aliphatic heterocycles. The Bertz CT molecular complexity index is 1640. The number of aliphatic hydroxyl groups is 2. The van der Waals surface area contributed by atoms with Crippen molar-refractivity contribution in [1.82, 2.24) is 37.2 Å². The lowest BCUT2D eigenvalue weighted by atomic mass is 10.0. The molecule has 0 spiro atoms. The van der Waals surface area contributed by atoms with E-state index in [1.165, 1.54) is 27.7 Å². The molecule has 8 atom stereocenters. The molecule has 0 aromatic heterocycles. The minimum Gasteiger partial charge on any atom is -0.481 e. The van der Waals surface area contributed by atoms with Crippen LogP contribution in [-0.2, 0) is 54.4 Å². The van der Waals surface area contributed by atoms with E-state index in [0.29, 0.717) is 5.56 Å². The third-order valence-electron chi connectivity index (χ3n) is 8.34. The maximum Gasteiger partial charge on any atom is 0.303 e. The van der Waals surface area contributed by atoms with Crippen LogP contribution in [0.5, 0.6) is 0 Å². The quantitative estimate of drug-likeness (QED) is 0.0437. The minimum atomic E-state index is -1.73. The molecule has 8 unspecified atom stereocenters. The van der Waals surface area contributed by atoms with E-state index in [4.69, 9.17) is 17.2 Å². The molecule has 322 valence electrons. The molecule has 1 aromatic rings. The summed E-state index contributed by atoms with van der Waals surface area (Å²) in [5.41, 5.74) is 16.9. The van der Waals surface area contributed by atoms with Crippen LogP contribution in [0.2, 0.25) is 0 Å². The van der Waals surface area contributed by atoms with Crippen molar-refractivity contribution in [2.75, 3.05) is 13.2 Å². The van der Waals surface area contributed by atoms with Gasteiger partial charge in [-0.05, 0) is 31.7 Å². The highest BCUT2D eigenvalue weighted by Gasteiger charge is 2.33. The second-order valence-electron chi connectivity index (χ2n) is 13.6. The van der Waals surface area contributed by atoms with Crippen LogP contribution in [0.15, 0.2) is 30.3 Å². The number of amides is 9. The van der Waals surface area contributed by atoms with E-state index in [2.05, 4.69) is 37.2 Å². The van der Waals surface area contributed by atoms with Gasteiger partial charge in [0.25, 0.3) is 0 Å². The van der Waals surface area contributed by atoms with Crippen LogP contribution in [0.3, 0.4) is 0 Å². The summed E-state index contributed by atoms with van der Waals surface area (Å²) >= 11 is 0. The van der Waals surface area contributed by atoms with Crippen molar-refractivity contribution < 1.29 is 63.3 Å². The zero-order valence-corrected chi connectivity index (χ0v) is 32.5. The lowest BCUT2D eigenvalue weighted by molar-refractivity contribution is -0.138. The number of carboxylic acid groups (broad SMARTS) is 1. The first kappa shape index (κ1) is 49.8. The second-order valence-corrected chi connectivity index (χ2v) is 13.6. The predicted octanol–water partition coefficient (Wildman–Crippen LogP) is -6.14. The predicted molar refractivity (Wildman–Crippen MR) is 202 cm³/mol. The number of hydrogen-bond acceptors (Lipinski definition) is 13. The first-order valence-electron chi connectivity index (χ1n) is 18.0. The van der Waals surface area contributed by atoms with Crippen LogP contribution in [-0.4, -0.2) is 136 Å². The minimum absolute atomic E-state index is 0.0502. The summed E-state index contributed by atoms with van der Waals surface area (Å²) in [5, 5.41) is 44.5. The van der Waals surface area contributed by atoms with E-state index >= 15 is 0 Å². The smallest absolute Gasteiger partial charge is 0.303 e. The number of rotatable bonds is 25. The normalized spacial score (nSPS) is 15.0. The third-order valence-corrected chi connectivity index (χ3v) is 8.34. The number of nitrogens with one attached hydrogen (secondary N) is 7. The van der Waals surface area contributed by atoms with E-state index in [9.17, 15) is 63.3 Å². The number of carbonyl (C=O) groups is 10. The van der Waals surface area contributed by atoms with Gasteiger partial charge < -0.3 is 69.7 Å². The van der Waals surface area contributed by atoms with Crippen LogP contribution < -0.4 is 54.4 Å². The van der Waals surface area contributed by atoms with Crippen LogP contribution in [0, 0.1) is 5.92 Å². The van der Waals surface area contributed by atoms with Gasteiger partial charge in [-0.25, -0.2) is 0 Å². The number of aliphatic carboxylic acids is 1. The van der Waals surface area contributed by atoms with E-state index in [-0.39, 0.29) is 6.42 Å². The zero-order chi connectivity index (χ0) is 44.3. The molecule has 0 bridgehead atoms. The molecule has 0 radical (unpaired) electrons. The van der Waals surface area contributed by atoms with E-state index in [1.54, 1.807) is 30.3 Å². The SMILES string of the molecule is CC(NC(=O)C(CCC(=O)O)NC(=O)C(CO)NC(=O)CNC(=O)C(NC(=O)C(CC(N)=O)NC(=O)C(N)C(C)O)C(C)C)C(=O)NC(Cc1ccccc1)C(N)=O. The van der Waals surface area contributed by atoms with Gasteiger partial charge in [0.2, 0.25) is 53.2 Å². The Balaban J connectivity index is 2.94. The molecule has 0 saturated heterocycles. The Labute approximate surface area is 333 Å². The Morgan fingerprint density at radius 1 is 0.672 bits per heavy atom. The number of carboxylic acids is 1. The molecular weight excluding hydrogens is 768 g/mol. The molecule has 0 aliphatic carbocycles. The van der Waals surface area contributed by atoms with Crippen molar-refractivity contribution >= 4 is 59.1 Å². The van der Waals surface area contributed by atoms with Gasteiger partial charge in [-0.1, -0.05) is 44.2 Å². The topological polar surface area (TPSA) is 394 Å². The Hall–Kier alpha value is -6.20. The zero-order valence-electron chi connectivity index (χ0n) is 32.5. The van der Waals surface area contributed by atoms with E-state index < -0.39 is 146 Å². The highest BCUT2D eigenvalue weighted by Crippen LogP contribution is 2.06. The highest BCUT2D eigenvalue weighted by molar-refractivity contribution is 5.98. The van der Waals surface area contributed by atoms with Gasteiger partial charge >= 0.3 is 5.97 Å². The summed E-state index contributed by atoms with van der Waals surface area (Å²) in [4.78, 5) is 125. The molecule has 23 nitrogen and oxygen atoms in total. The van der Waals surface area contributed by atoms with Gasteiger partial charge in [-0.15, -0.1) is 0 Å². The lowest BCUT2D eigenvalue weighted by Gasteiger charge is -2.26. The van der Waals surface area contributed by atoms with E-state index in [0.717, 1.165) is 0 Å². The maximum atomic E-state index is 13.1. The Morgan fingerprint density at radius 3 is 1.74 bits per heavy atom. The van der Waals surface area contributed by atoms with Gasteiger partial charge in [0.05, 0.1) is 25.7 Å². The molecule has 0 aliphatic rings. The molecule has 1 rings (SSSR count). The van der Waals surface area contributed by atoms with Crippen LogP contribution >= 0.6 is 0 Å². The second kappa shape index (κ2) is 24.4. The van der Waals surface area contributed by atoms with Crippen molar-refractivity contribution in [3.8, 4) is 0 Å². The monoisotopic (exact) mass is 822 g/mol. The lowest BCUT2D eigenvalue weighted by Crippen LogP contribution is -2.59. The average Bonchev–Trinajstić information content (AvgIpc) is 3.15. The van der Waals surface area contributed by atoms with Gasteiger partial charge in [0.1, 0.15) is 42.3 Å². The molecule has 1 aromatic carbocycles. The molecule has 0 fully saturated rings. The summed E-state index contributed by atoms with van der Waals surface area (Å²) in [6.07, 6.45) is -3.06. The van der Waals surface area contributed by atoms with Gasteiger partial charge in [0.15, 0.2) is 0 Å². The number of benzene rings is 1. The van der Waals surface area contributed by atoms with Crippen molar-refractivity contribution in [2.45, 2.75) is 102 Å². The Morgan fingerprint density at radius 2 is 1.22 bits per heavy atom. The fourth-order valence-electron chi connectivity index (χ4n) is 4.96. The molecular formula is C35H54N10O13. The standard InChI is InChI=1S/C35H54N10O13/c1-16(2)28(45-32(55)22(13-24(36)48)44-34(57)27(37)18(4)47)35(58)39-14-25(49)41-23(15-46)33(56)42-20(10-11-26(50)51)31(54)40-17(3)30(53)43-21(29(38)52)12-19-8-6-5-7-9-19/h5-9,16-18,20-23,27-28,46-47H,10-15,37H2,1-4H3,(H2,36,48)(H2,38,52)(H,39,58)(H,40,54)(H,41,49)(H,42,56)(H,43,53)(H,44,57)(H,45,55)(H,50,51). The summed E-state index contributed by atoms with van der Waals surface area (Å²) in [6.45, 7) is 3.70. The maximum absolute atomic E-state index is 13.1. The van der Waals surface area contributed by atoms with Gasteiger partial charge in [0, 0.05) is 12.8 Å². The van der Waals surface area contributed by atoms with Crippen molar-refractivity contribution in [2.24, 2.45) is 23.1 Å². The third kappa shape index (κ3) is 17.7. The molecule has 23 heteroatoms. The van der Waals surface area contributed by atoms with Gasteiger partial charge in [-0.2, -0.15) is 0 Å². The van der Waals surface area contributed by atoms with Crippen LogP contribution in [0.1, 0.15) is 52.5 Å². The summed E-state index contributed by atoms with van der Waals surface area (Å²) in [6, 6.07) is -1.56. The number of carbonyl (C=O) groups excluding carboxylic acids is 9. The highest BCUT2D eigenvalue weighted by atomic mass is 16.4.